The first-order chi connectivity index (χ1) is 12.0. The molecule has 4 N–H and O–H groups in total. The van der Waals surface area contributed by atoms with E-state index in [1.54, 1.807) is 0 Å². The minimum Gasteiger partial charge on any atom is -0.370 e. The molecule has 2 amide bonds. The maximum Gasteiger partial charge on any atom is 0.319 e. The Hall–Kier alpha value is -2.83. The zero-order valence-corrected chi connectivity index (χ0v) is 15.2. The lowest BCUT2D eigenvalue weighted by Crippen LogP contribution is -2.33. The zero-order valence-electron chi connectivity index (χ0n) is 15.2. The molecule has 25 heavy (non-hydrogen) atoms. The minimum atomic E-state index is -0.228. The fraction of sp³-hybridized carbons (Fsp3) is 0.389. The summed E-state index contributed by atoms with van der Waals surface area (Å²) in [7, 11) is 0. The third kappa shape index (κ3) is 5.63. The molecule has 2 rings (SSSR count). The van der Waals surface area contributed by atoms with E-state index in [-0.39, 0.29) is 6.03 Å². The molecule has 0 unspecified atom stereocenters. The number of benzene rings is 1. The summed E-state index contributed by atoms with van der Waals surface area (Å²) < 4.78 is 0. The van der Waals surface area contributed by atoms with Gasteiger partial charge in [-0.05, 0) is 44.9 Å². The summed E-state index contributed by atoms with van der Waals surface area (Å²) in [6.07, 6.45) is 0. The van der Waals surface area contributed by atoms with Crippen LogP contribution in [0, 0.1) is 20.8 Å². The largest absolute Gasteiger partial charge is 0.370 e. The summed E-state index contributed by atoms with van der Waals surface area (Å²) in [6, 6.07) is 7.50. The molecule has 1 heterocycles. The van der Waals surface area contributed by atoms with Crippen LogP contribution in [0.3, 0.4) is 0 Å². The summed E-state index contributed by atoms with van der Waals surface area (Å²) in [6.45, 7) is 9.75. The van der Waals surface area contributed by atoms with Crippen LogP contribution in [0.1, 0.15) is 23.7 Å². The van der Waals surface area contributed by atoms with Crippen molar-refractivity contribution < 1.29 is 4.79 Å². The standard InChI is InChI=1S/C18H26N6O/c1-5-19-16-11-13(3)22-17(24-16)20-9-10-21-18(25)23-15-8-6-7-12(2)14(15)4/h6-8,11H,5,9-10H2,1-4H3,(H2,21,23,25)(H2,19,20,22,24). The second-order valence-electron chi connectivity index (χ2n) is 5.80. The van der Waals surface area contributed by atoms with Gasteiger partial charge in [0, 0.05) is 37.1 Å². The molecule has 1 aromatic heterocycles. The topological polar surface area (TPSA) is 91.0 Å². The van der Waals surface area contributed by atoms with E-state index in [0.29, 0.717) is 19.0 Å². The van der Waals surface area contributed by atoms with Crippen LogP contribution in [0.25, 0.3) is 0 Å². The number of carbonyl (C=O) groups excluding carboxylic acids is 1. The van der Waals surface area contributed by atoms with Crippen LogP contribution >= 0.6 is 0 Å². The van der Waals surface area contributed by atoms with E-state index in [4.69, 9.17) is 0 Å². The molecule has 0 radical (unpaired) electrons. The molecule has 0 saturated heterocycles. The molecule has 0 bridgehead atoms. The first-order valence-corrected chi connectivity index (χ1v) is 8.44. The second kappa shape index (κ2) is 8.86. The van der Waals surface area contributed by atoms with Crippen LogP contribution in [0.5, 0.6) is 0 Å². The molecule has 2 aromatic rings. The third-order valence-corrected chi connectivity index (χ3v) is 3.76. The number of aryl methyl sites for hydroxylation is 2. The molecule has 0 aliphatic heterocycles. The van der Waals surface area contributed by atoms with E-state index in [1.165, 1.54) is 0 Å². The van der Waals surface area contributed by atoms with Gasteiger partial charge in [-0.2, -0.15) is 4.98 Å². The van der Waals surface area contributed by atoms with Crippen LogP contribution in [0.4, 0.5) is 22.2 Å². The Balaban J connectivity index is 1.79. The molecular weight excluding hydrogens is 316 g/mol. The molecule has 7 nitrogen and oxygen atoms in total. The lowest BCUT2D eigenvalue weighted by Gasteiger charge is -2.12. The quantitative estimate of drug-likeness (QED) is 0.581. The van der Waals surface area contributed by atoms with Gasteiger partial charge in [0.2, 0.25) is 5.95 Å². The van der Waals surface area contributed by atoms with Gasteiger partial charge in [-0.3, -0.25) is 0 Å². The lowest BCUT2D eigenvalue weighted by molar-refractivity contribution is 0.252. The summed E-state index contributed by atoms with van der Waals surface area (Å²) in [5.41, 5.74) is 3.92. The summed E-state index contributed by atoms with van der Waals surface area (Å²) >= 11 is 0. The van der Waals surface area contributed by atoms with E-state index in [0.717, 1.165) is 34.9 Å². The summed E-state index contributed by atoms with van der Waals surface area (Å²) in [5, 5.41) is 12.0. The highest BCUT2D eigenvalue weighted by Gasteiger charge is 2.05. The number of nitrogens with one attached hydrogen (secondary N) is 4. The van der Waals surface area contributed by atoms with Crippen molar-refractivity contribution in [2.24, 2.45) is 0 Å². The normalized spacial score (nSPS) is 10.2. The van der Waals surface area contributed by atoms with Gasteiger partial charge in [0.1, 0.15) is 5.82 Å². The Morgan fingerprint density at radius 2 is 1.88 bits per heavy atom. The van der Waals surface area contributed by atoms with Gasteiger partial charge in [0.05, 0.1) is 0 Å². The molecule has 0 fully saturated rings. The first kappa shape index (κ1) is 18.5. The number of urea groups is 1. The average Bonchev–Trinajstić information content (AvgIpc) is 2.56. The summed E-state index contributed by atoms with van der Waals surface area (Å²) in [5.74, 6) is 1.34. The van der Waals surface area contributed by atoms with Crippen molar-refractivity contribution in [1.82, 2.24) is 15.3 Å². The fourth-order valence-corrected chi connectivity index (χ4v) is 2.32. The van der Waals surface area contributed by atoms with Crippen LogP contribution in [-0.4, -0.2) is 35.6 Å². The molecule has 1 aromatic carbocycles. The number of carbonyl (C=O) groups is 1. The maximum atomic E-state index is 12.0. The highest BCUT2D eigenvalue weighted by Crippen LogP contribution is 2.17. The zero-order chi connectivity index (χ0) is 18.2. The molecule has 0 aliphatic rings. The molecule has 0 aliphatic carbocycles. The Morgan fingerprint density at radius 3 is 2.64 bits per heavy atom. The van der Waals surface area contributed by atoms with E-state index in [1.807, 2.05) is 52.0 Å². The van der Waals surface area contributed by atoms with Gasteiger partial charge in [0.15, 0.2) is 0 Å². The van der Waals surface area contributed by atoms with Crippen molar-refractivity contribution in [2.45, 2.75) is 27.7 Å². The van der Waals surface area contributed by atoms with Crippen molar-refractivity contribution >= 4 is 23.5 Å². The first-order valence-electron chi connectivity index (χ1n) is 8.44. The van der Waals surface area contributed by atoms with Gasteiger partial charge < -0.3 is 21.3 Å². The number of aromatic nitrogens is 2. The van der Waals surface area contributed by atoms with Crippen LogP contribution < -0.4 is 21.3 Å². The summed E-state index contributed by atoms with van der Waals surface area (Å²) in [4.78, 5) is 20.7. The number of hydrogen-bond acceptors (Lipinski definition) is 5. The number of anilines is 3. The van der Waals surface area contributed by atoms with E-state index in [9.17, 15) is 4.79 Å². The number of hydrogen-bond donors (Lipinski definition) is 4. The highest BCUT2D eigenvalue weighted by atomic mass is 16.2. The monoisotopic (exact) mass is 342 g/mol. The number of nitrogens with zero attached hydrogens (tertiary/aromatic N) is 2. The van der Waals surface area contributed by atoms with Crippen molar-refractivity contribution in [3.8, 4) is 0 Å². The van der Waals surface area contributed by atoms with Gasteiger partial charge in [-0.1, -0.05) is 12.1 Å². The SMILES string of the molecule is CCNc1cc(C)nc(NCCNC(=O)Nc2cccc(C)c2C)n1. The van der Waals surface area contributed by atoms with Crippen molar-refractivity contribution in [3.63, 3.8) is 0 Å². The maximum absolute atomic E-state index is 12.0. The molecule has 0 saturated carbocycles. The minimum absolute atomic E-state index is 0.228. The Kier molecular flexibility index (Phi) is 6.56. The molecule has 134 valence electrons. The molecule has 0 atom stereocenters. The Labute approximate surface area is 148 Å². The lowest BCUT2D eigenvalue weighted by atomic mass is 10.1. The van der Waals surface area contributed by atoms with Crippen molar-refractivity contribution in [2.75, 3.05) is 35.6 Å². The third-order valence-electron chi connectivity index (χ3n) is 3.76. The van der Waals surface area contributed by atoms with E-state index in [2.05, 4.69) is 31.2 Å². The molecular formula is C18H26N6O. The predicted octanol–water partition coefficient (Wildman–Crippen LogP) is 3.07. The van der Waals surface area contributed by atoms with Gasteiger partial charge >= 0.3 is 6.03 Å². The second-order valence-corrected chi connectivity index (χ2v) is 5.80. The van der Waals surface area contributed by atoms with Gasteiger partial charge in [0.25, 0.3) is 0 Å². The highest BCUT2D eigenvalue weighted by molar-refractivity contribution is 5.90. The molecule has 0 spiro atoms. The average molecular weight is 342 g/mol. The van der Waals surface area contributed by atoms with Crippen LogP contribution in [-0.2, 0) is 0 Å². The fourth-order valence-electron chi connectivity index (χ4n) is 2.32. The van der Waals surface area contributed by atoms with Gasteiger partial charge in [-0.25, -0.2) is 9.78 Å². The van der Waals surface area contributed by atoms with Gasteiger partial charge in [-0.15, -0.1) is 0 Å². The Bertz CT molecular complexity index is 732. The number of amides is 2. The van der Waals surface area contributed by atoms with Crippen LogP contribution in [0.15, 0.2) is 24.3 Å². The van der Waals surface area contributed by atoms with E-state index >= 15 is 0 Å². The smallest absolute Gasteiger partial charge is 0.319 e. The van der Waals surface area contributed by atoms with Crippen LogP contribution in [0.2, 0.25) is 0 Å². The van der Waals surface area contributed by atoms with Crippen molar-refractivity contribution in [1.29, 1.82) is 0 Å². The molecule has 7 heteroatoms. The Morgan fingerprint density at radius 1 is 1.08 bits per heavy atom. The van der Waals surface area contributed by atoms with E-state index < -0.39 is 0 Å². The van der Waals surface area contributed by atoms with Crippen molar-refractivity contribution in [3.05, 3.63) is 41.1 Å². The number of rotatable bonds is 7. The predicted molar refractivity (Wildman–Crippen MR) is 102 cm³/mol.